The van der Waals surface area contributed by atoms with Crippen LogP contribution in [0, 0.1) is 6.92 Å². The number of aryl methyl sites for hydroxylation is 2. The molecule has 0 aliphatic heterocycles. The number of ether oxygens (including phenoxy) is 1. The number of hydrogen-bond acceptors (Lipinski definition) is 4. The van der Waals surface area contributed by atoms with Gasteiger partial charge in [0.15, 0.2) is 11.4 Å². The van der Waals surface area contributed by atoms with Crippen LogP contribution in [-0.4, -0.2) is 38.9 Å². The highest BCUT2D eigenvalue weighted by Crippen LogP contribution is 2.30. The van der Waals surface area contributed by atoms with E-state index in [0.29, 0.717) is 19.5 Å². The summed E-state index contributed by atoms with van der Waals surface area (Å²) in [5.74, 6) is 0.593. The number of para-hydroxylation sites is 2. The first kappa shape index (κ1) is 22.4. The lowest BCUT2D eigenvalue weighted by atomic mass is 10.2. The van der Waals surface area contributed by atoms with Crippen LogP contribution < -0.4 is 10.1 Å². The molecule has 0 atom stereocenters. The van der Waals surface area contributed by atoms with E-state index in [1.807, 2.05) is 31.2 Å². The van der Waals surface area contributed by atoms with Gasteiger partial charge < -0.3 is 14.6 Å². The van der Waals surface area contributed by atoms with Gasteiger partial charge in [-0.05, 0) is 43.7 Å². The Morgan fingerprint density at radius 1 is 1.15 bits per heavy atom. The molecule has 2 heterocycles. The number of benzene rings is 2. The summed E-state index contributed by atoms with van der Waals surface area (Å²) in [5, 5.41) is 6.95. The summed E-state index contributed by atoms with van der Waals surface area (Å²) >= 11 is 0. The molecule has 4 rings (SSSR count). The van der Waals surface area contributed by atoms with Crippen molar-refractivity contribution in [2.75, 3.05) is 13.7 Å². The largest absolute Gasteiger partial charge is 0.493 e. The third-order valence-electron chi connectivity index (χ3n) is 5.24. The maximum absolute atomic E-state index is 13.0. The average molecular weight is 457 g/mol. The molecular weight excluding hydrogens is 435 g/mol. The van der Waals surface area contributed by atoms with Crippen LogP contribution in [0.4, 0.5) is 13.2 Å². The standard InChI is InChI=1S/C23H22F3N5O2/c1-15-28-18-9-3-4-10-19(18)30(15)12-6-11-27-22(32)21-20(33-2)14-31(29-21)17-8-5-7-16(13-17)23(24,25)26/h3-5,7-10,13-14H,6,11-12H2,1-2H3,(H,27,32). The van der Waals surface area contributed by atoms with Crippen molar-refractivity contribution in [3.05, 3.63) is 71.8 Å². The fraction of sp³-hybridized carbons (Fsp3) is 0.261. The van der Waals surface area contributed by atoms with Crippen molar-refractivity contribution in [3.8, 4) is 11.4 Å². The van der Waals surface area contributed by atoms with E-state index in [1.54, 1.807) is 0 Å². The molecule has 0 spiro atoms. The molecule has 172 valence electrons. The Hall–Kier alpha value is -3.82. The molecule has 2 aromatic heterocycles. The van der Waals surface area contributed by atoms with Crippen LogP contribution in [0.25, 0.3) is 16.7 Å². The first-order chi connectivity index (χ1) is 15.8. The second-order valence-electron chi connectivity index (χ2n) is 7.45. The Balaban J connectivity index is 1.43. The van der Waals surface area contributed by atoms with E-state index in [9.17, 15) is 18.0 Å². The number of rotatable bonds is 7. The van der Waals surface area contributed by atoms with Crippen LogP contribution in [0.5, 0.6) is 5.75 Å². The van der Waals surface area contributed by atoms with Gasteiger partial charge in [-0.3, -0.25) is 4.79 Å². The molecule has 2 aromatic carbocycles. The number of methoxy groups -OCH3 is 1. The van der Waals surface area contributed by atoms with Gasteiger partial charge in [0.05, 0.1) is 35.6 Å². The van der Waals surface area contributed by atoms with Crippen molar-refractivity contribution >= 4 is 16.9 Å². The maximum Gasteiger partial charge on any atom is 0.416 e. The van der Waals surface area contributed by atoms with Gasteiger partial charge in [-0.2, -0.15) is 18.3 Å². The van der Waals surface area contributed by atoms with E-state index >= 15 is 0 Å². The topological polar surface area (TPSA) is 74.0 Å². The first-order valence-electron chi connectivity index (χ1n) is 10.3. The Morgan fingerprint density at radius 3 is 2.70 bits per heavy atom. The molecular formula is C23H22F3N5O2. The number of alkyl halides is 3. The molecule has 4 aromatic rings. The number of nitrogens with zero attached hydrogens (tertiary/aromatic N) is 4. The molecule has 0 aliphatic carbocycles. The van der Waals surface area contributed by atoms with Gasteiger partial charge in [-0.25, -0.2) is 9.67 Å². The van der Waals surface area contributed by atoms with Crippen molar-refractivity contribution in [3.63, 3.8) is 0 Å². The summed E-state index contributed by atoms with van der Waals surface area (Å²) in [5.41, 5.74) is 1.32. The number of imidazole rings is 1. The van der Waals surface area contributed by atoms with Gasteiger partial charge in [-0.15, -0.1) is 0 Å². The number of aromatic nitrogens is 4. The van der Waals surface area contributed by atoms with Crippen LogP contribution in [0.15, 0.2) is 54.7 Å². The molecule has 10 heteroatoms. The normalized spacial score (nSPS) is 11.7. The second kappa shape index (κ2) is 8.97. The predicted molar refractivity (Wildman–Crippen MR) is 117 cm³/mol. The molecule has 7 nitrogen and oxygen atoms in total. The van der Waals surface area contributed by atoms with Gasteiger partial charge in [0.25, 0.3) is 5.91 Å². The lowest BCUT2D eigenvalue weighted by Crippen LogP contribution is -2.26. The summed E-state index contributed by atoms with van der Waals surface area (Å²) in [6.45, 7) is 2.98. The Morgan fingerprint density at radius 2 is 1.94 bits per heavy atom. The van der Waals surface area contributed by atoms with Gasteiger partial charge in [0.1, 0.15) is 5.82 Å². The predicted octanol–water partition coefficient (Wildman–Crippen LogP) is 4.38. The van der Waals surface area contributed by atoms with Gasteiger partial charge >= 0.3 is 6.18 Å². The van der Waals surface area contributed by atoms with Crippen molar-refractivity contribution in [1.82, 2.24) is 24.6 Å². The summed E-state index contributed by atoms with van der Waals surface area (Å²) in [6.07, 6.45) is -2.44. The maximum atomic E-state index is 13.0. The number of nitrogens with one attached hydrogen (secondary N) is 1. The zero-order valence-corrected chi connectivity index (χ0v) is 18.1. The molecule has 0 bridgehead atoms. The lowest BCUT2D eigenvalue weighted by Gasteiger charge is -2.08. The SMILES string of the molecule is COc1cn(-c2cccc(C(F)(F)F)c2)nc1C(=O)NCCCn1c(C)nc2ccccc21. The van der Waals surface area contributed by atoms with E-state index in [-0.39, 0.29) is 17.1 Å². The third kappa shape index (κ3) is 4.69. The summed E-state index contributed by atoms with van der Waals surface area (Å²) in [4.78, 5) is 17.2. The van der Waals surface area contributed by atoms with E-state index in [1.165, 1.54) is 30.1 Å². The van der Waals surface area contributed by atoms with Crippen LogP contribution in [0.2, 0.25) is 0 Å². The van der Waals surface area contributed by atoms with Crippen LogP contribution in [0.1, 0.15) is 28.3 Å². The van der Waals surface area contributed by atoms with Crippen molar-refractivity contribution in [2.45, 2.75) is 26.1 Å². The monoisotopic (exact) mass is 457 g/mol. The lowest BCUT2D eigenvalue weighted by molar-refractivity contribution is -0.137. The van der Waals surface area contributed by atoms with Gasteiger partial charge in [0.2, 0.25) is 0 Å². The molecule has 0 unspecified atom stereocenters. The van der Waals surface area contributed by atoms with Crippen LogP contribution in [0.3, 0.4) is 0 Å². The molecule has 0 radical (unpaired) electrons. The number of carbonyl (C=O) groups excluding carboxylic acids is 1. The summed E-state index contributed by atoms with van der Waals surface area (Å²) in [6, 6.07) is 12.5. The smallest absolute Gasteiger partial charge is 0.416 e. The minimum absolute atomic E-state index is 0.000766. The number of hydrogen-bond donors (Lipinski definition) is 1. The third-order valence-corrected chi connectivity index (χ3v) is 5.24. The molecule has 0 fully saturated rings. The summed E-state index contributed by atoms with van der Waals surface area (Å²) < 4.78 is 47.6. The Labute approximate surface area is 187 Å². The second-order valence-corrected chi connectivity index (χ2v) is 7.45. The fourth-order valence-electron chi connectivity index (χ4n) is 3.62. The van der Waals surface area contributed by atoms with E-state index < -0.39 is 17.6 Å². The molecule has 0 saturated heterocycles. The number of fused-ring (bicyclic) bond motifs is 1. The van der Waals surface area contributed by atoms with Gasteiger partial charge in [-0.1, -0.05) is 18.2 Å². The van der Waals surface area contributed by atoms with Gasteiger partial charge in [0, 0.05) is 13.1 Å². The minimum Gasteiger partial charge on any atom is -0.493 e. The van der Waals surface area contributed by atoms with Crippen LogP contribution >= 0.6 is 0 Å². The molecule has 33 heavy (non-hydrogen) atoms. The fourth-order valence-corrected chi connectivity index (χ4v) is 3.62. The summed E-state index contributed by atoms with van der Waals surface area (Å²) in [7, 11) is 1.37. The first-order valence-corrected chi connectivity index (χ1v) is 10.3. The number of carbonyl (C=O) groups is 1. The van der Waals surface area contributed by atoms with E-state index in [4.69, 9.17) is 4.74 Å². The highest BCUT2D eigenvalue weighted by Gasteiger charge is 2.30. The Kier molecular flexibility index (Phi) is 6.08. The molecule has 1 N–H and O–H groups in total. The Bertz CT molecular complexity index is 1290. The van der Waals surface area contributed by atoms with Crippen LogP contribution in [-0.2, 0) is 12.7 Å². The number of halogens is 3. The molecule has 0 aliphatic rings. The zero-order chi connectivity index (χ0) is 23.6. The molecule has 1 amide bonds. The van der Waals surface area contributed by atoms with E-state index in [2.05, 4.69) is 20.0 Å². The highest BCUT2D eigenvalue weighted by atomic mass is 19.4. The average Bonchev–Trinajstić information content (AvgIpc) is 3.37. The molecule has 0 saturated carbocycles. The highest BCUT2D eigenvalue weighted by molar-refractivity contribution is 5.94. The van der Waals surface area contributed by atoms with Crippen molar-refractivity contribution < 1.29 is 22.7 Å². The van der Waals surface area contributed by atoms with Crippen molar-refractivity contribution in [2.24, 2.45) is 0 Å². The quantitative estimate of drug-likeness (QED) is 0.418. The number of amides is 1. The van der Waals surface area contributed by atoms with Crippen molar-refractivity contribution in [1.29, 1.82) is 0 Å². The minimum atomic E-state index is -4.48. The zero-order valence-electron chi connectivity index (χ0n) is 18.1. The van der Waals surface area contributed by atoms with E-state index in [0.717, 1.165) is 29.0 Å².